The van der Waals surface area contributed by atoms with Crippen LogP contribution in [0.5, 0.6) is 0 Å². The Bertz CT molecular complexity index is 1070. The van der Waals surface area contributed by atoms with E-state index in [1.807, 2.05) is 31.2 Å². The van der Waals surface area contributed by atoms with Gasteiger partial charge in [-0.15, -0.1) is 0 Å². The van der Waals surface area contributed by atoms with Crippen molar-refractivity contribution in [3.8, 4) is 11.3 Å². The monoisotopic (exact) mass is 377 g/mol. The van der Waals surface area contributed by atoms with Crippen molar-refractivity contribution >= 4 is 16.9 Å². The van der Waals surface area contributed by atoms with Gasteiger partial charge in [0.25, 0.3) is 5.91 Å². The van der Waals surface area contributed by atoms with Crippen molar-refractivity contribution in [3.63, 3.8) is 0 Å². The van der Waals surface area contributed by atoms with E-state index in [0.29, 0.717) is 35.4 Å². The number of nitrogens with zero attached hydrogens (tertiary/aromatic N) is 4. The second kappa shape index (κ2) is 8.01. The first-order chi connectivity index (χ1) is 13.8. The number of pyridine rings is 2. The van der Waals surface area contributed by atoms with Crippen LogP contribution in [-0.2, 0) is 11.4 Å². The summed E-state index contributed by atoms with van der Waals surface area (Å²) < 4.78 is 7.12. The van der Waals surface area contributed by atoms with Crippen LogP contribution in [0.1, 0.15) is 29.5 Å². The molecule has 4 aromatic heterocycles. The molecule has 0 unspecified atom stereocenters. The van der Waals surface area contributed by atoms with E-state index >= 15 is 0 Å². The van der Waals surface area contributed by atoms with Crippen molar-refractivity contribution in [1.82, 2.24) is 25.2 Å². The number of rotatable bonds is 7. The minimum Gasteiger partial charge on any atom is -0.467 e. The summed E-state index contributed by atoms with van der Waals surface area (Å²) in [5, 5.41) is 5.04. The van der Waals surface area contributed by atoms with Crippen molar-refractivity contribution in [1.29, 1.82) is 0 Å². The summed E-state index contributed by atoms with van der Waals surface area (Å²) in [5.74, 6) is 0.402. The fraction of sp³-hybridized carbons (Fsp3) is 0.200. The van der Waals surface area contributed by atoms with Gasteiger partial charge in [0.15, 0.2) is 5.65 Å². The molecule has 0 saturated heterocycles. The molecular weight excluding hydrogens is 358 g/mol. The van der Waals surface area contributed by atoms with Crippen molar-refractivity contribution in [2.75, 3.05) is 6.61 Å². The Kier molecular flexibility index (Phi) is 5.11. The molecule has 0 aliphatic rings. The number of aromatic nitrogens is 4. The average Bonchev–Trinajstić information content (AvgIpc) is 3.39. The predicted octanol–water partition coefficient (Wildman–Crippen LogP) is 3.21. The Labute approximate surface area is 161 Å². The topological polar surface area (TPSA) is 95.1 Å². The second-order valence-corrected chi connectivity index (χ2v) is 6.20. The summed E-state index contributed by atoms with van der Waals surface area (Å²) in [6.45, 7) is 2.82. The molecule has 0 atom stereocenters. The Morgan fingerprint density at radius 3 is 2.96 bits per heavy atom. The minimum absolute atomic E-state index is 0.344. The number of amides is 1. The van der Waals surface area contributed by atoms with E-state index in [-0.39, 0.29) is 5.91 Å². The zero-order valence-corrected chi connectivity index (χ0v) is 15.3. The molecule has 1 amide bonds. The predicted molar refractivity (Wildman–Crippen MR) is 102 cm³/mol. The number of hydrogen-bond donors (Lipinski definition) is 1. The first-order valence-corrected chi connectivity index (χ1v) is 8.97. The maximum atomic E-state index is 12.7. The van der Waals surface area contributed by atoms with Gasteiger partial charge < -0.3 is 4.42 Å². The molecule has 0 fully saturated rings. The molecule has 1 N–H and O–H groups in total. The zero-order valence-electron chi connectivity index (χ0n) is 15.3. The Morgan fingerprint density at radius 1 is 1.29 bits per heavy atom. The van der Waals surface area contributed by atoms with Crippen molar-refractivity contribution in [2.24, 2.45) is 0 Å². The van der Waals surface area contributed by atoms with Crippen molar-refractivity contribution < 1.29 is 14.0 Å². The van der Waals surface area contributed by atoms with E-state index < -0.39 is 0 Å². The molecule has 8 heteroatoms. The van der Waals surface area contributed by atoms with E-state index in [4.69, 9.17) is 14.2 Å². The highest BCUT2D eigenvalue weighted by atomic mass is 16.6. The summed E-state index contributed by atoms with van der Waals surface area (Å²) in [4.78, 5) is 26.8. The van der Waals surface area contributed by atoms with Crippen LogP contribution in [0.15, 0.2) is 59.6 Å². The van der Waals surface area contributed by atoms with E-state index in [1.165, 1.54) is 0 Å². The SMILES string of the molecule is CCCONC(=O)c1cc(-c2cccnc2)nc2c1cnn2Cc1ccco1. The van der Waals surface area contributed by atoms with Gasteiger partial charge in [-0.1, -0.05) is 6.92 Å². The van der Waals surface area contributed by atoms with Crippen LogP contribution in [0.3, 0.4) is 0 Å². The van der Waals surface area contributed by atoms with Gasteiger partial charge in [-0.2, -0.15) is 5.10 Å². The zero-order chi connectivity index (χ0) is 19.3. The summed E-state index contributed by atoms with van der Waals surface area (Å²) >= 11 is 0. The molecule has 0 bridgehead atoms. The van der Waals surface area contributed by atoms with E-state index in [2.05, 4.69) is 15.6 Å². The number of fused-ring (bicyclic) bond motifs is 1. The van der Waals surface area contributed by atoms with E-state index in [0.717, 1.165) is 17.7 Å². The van der Waals surface area contributed by atoms with Gasteiger partial charge in [0.1, 0.15) is 12.3 Å². The third-order valence-corrected chi connectivity index (χ3v) is 4.17. The van der Waals surface area contributed by atoms with Gasteiger partial charge >= 0.3 is 0 Å². The molecule has 4 aromatic rings. The molecule has 0 spiro atoms. The van der Waals surface area contributed by atoms with Crippen LogP contribution in [0, 0.1) is 0 Å². The molecule has 0 aliphatic carbocycles. The highest BCUT2D eigenvalue weighted by Crippen LogP contribution is 2.25. The third-order valence-electron chi connectivity index (χ3n) is 4.17. The van der Waals surface area contributed by atoms with Crippen molar-refractivity contribution in [3.05, 3.63) is 66.5 Å². The molecule has 4 heterocycles. The van der Waals surface area contributed by atoms with Crippen LogP contribution in [0.25, 0.3) is 22.3 Å². The maximum Gasteiger partial charge on any atom is 0.275 e. The van der Waals surface area contributed by atoms with Crippen LogP contribution < -0.4 is 5.48 Å². The van der Waals surface area contributed by atoms with Crippen LogP contribution in [0.4, 0.5) is 0 Å². The lowest BCUT2D eigenvalue weighted by atomic mass is 10.1. The summed E-state index contributed by atoms with van der Waals surface area (Å²) in [6, 6.07) is 9.13. The Balaban J connectivity index is 1.79. The number of carbonyl (C=O) groups is 1. The van der Waals surface area contributed by atoms with Crippen LogP contribution in [0.2, 0.25) is 0 Å². The van der Waals surface area contributed by atoms with E-state index in [9.17, 15) is 4.79 Å². The quantitative estimate of drug-likeness (QED) is 0.392. The highest BCUT2D eigenvalue weighted by molar-refractivity contribution is 6.06. The van der Waals surface area contributed by atoms with E-state index in [1.54, 1.807) is 35.6 Å². The summed E-state index contributed by atoms with van der Waals surface area (Å²) in [7, 11) is 0. The smallest absolute Gasteiger partial charge is 0.275 e. The second-order valence-electron chi connectivity index (χ2n) is 6.20. The maximum absolute atomic E-state index is 12.7. The number of hydrogen-bond acceptors (Lipinski definition) is 6. The molecule has 0 aromatic carbocycles. The third kappa shape index (κ3) is 3.63. The fourth-order valence-corrected chi connectivity index (χ4v) is 2.84. The van der Waals surface area contributed by atoms with Gasteiger partial charge in [-0.05, 0) is 36.8 Å². The standard InChI is InChI=1S/C20H19N5O3/c1-2-8-28-24-20(26)16-10-18(14-5-3-7-21-11-14)23-19-17(16)12-22-25(19)13-15-6-4-9-27-15/h3-7,9-12H,2,8,13H2,1H3,(H,24,26). The molecule has 142 valence electrons. The first-order valence-electron chi connectivity index (χ1n) is 8.97. The first kappa shape index (κ1) is 17.9. The molecule has 0 radical (unpaired) electrons. The van der Waals surface area contributed by atoms with Gasteiger partial charge in [0.05, 0.1) is 35.7 Å². The van der Waals surface area contributed by atoms with Gasteiger partial charge in [-0.3, -0.25) is 14.6 Å². The molecule has 0 saturated carbocycles. The molecular formula is C20H19N5O3. The summed E-state index contributed by atoms with van der Waals surface area (Å²) in [6.07, 6.45) is 7.44. The molecule has 8 nitrogen and oxygen atoms in total. The van der Waals surface area contributed by atoms with Gasteiger partial charge in [0, 0.05) is 18.0 Å². The number of nitrogens with one attached hydrogen (secondary N) is 1. The van der Waals surface area contributed by atoms with Gasteiger partial charge in [0.2, 0.25) is 0 Å². The Hall–Kier alpha value is -3.52. The lowest BCUT2D eigenvalue weighted by Crippen LogP contribution is -2.24. The number of hydroxylamine groups is 1. The highest BCUT2D eigenvalue weighted by Gasteiger charge is 2.18. The normalized spacial score (nSPS) is 11.0. The molecule has 4 rings (SSSR count). The summed E-state index contributed by atoms with van der Waals surface area (Å²) in [5.41, 5.74) is 4.94. The number of furan rings is 1. The largest absolute Gasteiger partial charge is 0.467 e. The fourth-order valence-electron chi connectivity index (χ4n) is 2.84. The Morgan fingerprint density at radius 2 is 2.21 bits per heavy atom. The molecule has 28 heavy (non-hydrogen) atoms. The van der Waals surface area contributed by atoms with Crippen LogP contribution >= 0.6 is 0 Å². The minimum atomic E-state index is -0.344. The van der Waals surface area contributed by atoms with Crippen LogP contribution in [-0.4, -0.2) is 32.3 Å². The van der Waals surface area contributed by atoms with Gasteiger partial charge in [-0.25, -0.2) is 15.1 Å². The molecule has 0 aliphatic heterocycles. The van der Waals surface area contributed by atoms with Crippen molar-refractivity contribution in [2.45, 2.75) is 19.9 Å². The lowest BCUT2D eigenvalue weighted by Gasteiger charge is -2.09. The average molecular weight is 377 g/mol. The lowest BCUT2D eigenvalue weighted by molar-refractivity contribution is 0.0316. The number of carbonyl (C=O) groups excluding carboxylic acids is 1.